The summed E-state index contributed by atoms with van der Waals surface area (Å²) in [6.07, 6.45) is 0.0496. The summed E-state index contributed by atoms with van der Waals surface area (Å²) in [5, 5.41) is 10.3. The zero-order valence-electron chi connectivity index (χ0n) is 10.6. The van der Waals surface area contributed by atoms with Crippen LogP contribution in [0.25, 0.3) is 0 Å². The summed E-state index contributed by atoms with van der Waals surface area (Å²) in [5.74, 6) is 0.789. The van der Waals surface area contributed by atoms with Crippen molar-refractivity contribution in [2.24, 2.45) is 0 Å². The summed E-state index contributed by atoms with van der Waals surface area (Å²) in [4.78, 5) is 0. The fourth-order valence-electron chi connectivity index (χ4n) is 2.45. The van der Waals surface area contributed by atoms with Crippen molar-refractivity contribution < 1.29 is 9.84 Å². The summed E-state index contributed by atoms with van der Waals surface area (Å²) in [6.45, 7) is 2.02. The number of fused-ring (bicyclic) bond motifs is 1. The van der Waals surface area contributed by atoms with E-state index in [-0.39, 0.29) is 6.10 Å². The van der Waals surface area contributed by atoms with E-state index < -0.39 is 6.10 Å². The van der Waals surface area contributed by atoms with E-state index in [0.717, 1.165) is 26.9 Å². The molecule has 1 unspecified atom stereocenters. The van der Waals surface area contributed by atoms with Crippen LogP contribution in [0, 0.1) is 6.92 Å². The Morgan fingerprint density at radius 3 is 2.63 bits per heavy atom. The summed E-state index contributed by atoms with van der Waals surface area (Å²) in [6, 6.07) is 14.0. The van der Waals surface area contributed by atoms with Crippen LogP contribution in [-0.2, 0) is 0 Å². The van der Waals surface area contributed by atoms with Crippen LogP contribution in [0.4, 0.5) is 0 Å². The number of ether oxygens (including phenoxy) is 1. The van der Waals surface area contributed by atoms with Gasteiger partial charge >= 0.3 is 0 Å². The number of rotatable bonds is 1. The predicted octanol–water partition coefficient (Wildman–Crippen LogP) is 4.31. The zero-order chi connectivity index (χ0) is 13.4. The summed E-state index contributed by atoms with van der Waals surface area (Å²) < 4.78 is 7.05. The normalized spacial score (nSPS) is 21.6. The van der Waals surface area contributed by atoms with Gasteiger partial charge in [-0.3, -0.25) is 0 Å². The van der Waals surface area contributed by atoms with E-state index in [1.165, 1.54) is 0 Å². The first kappa shape index (κ1) is 12.7. The van der Waals surface area contributed by atoms with Crippen molar-refractivity contribution in [3.63, 3.8) is 0 Å². The molecule has 1 aliphatic heterocycles. The molecular weight excluding hydrogens is 304 g/mol. The Hall–Kier alpha value is -1.32. The molecule has 0 amide bonds. The van der Waals surface area contributed by atoms with Gasteiger partial charge in [0, 0.05) is 16.5 Å². The fourth-order valence-corrected chi connectivity index (χ4v) is 2.71. The molecule has 3 heteroatoms. The van der Waals surface area contributed by atoms with E-state index in [2.05, 4.69) is 15.9 Å². The van der Waals surface area contributed by atoms with Gasteiger partial charge < -0.3 is 9.84 Å². The lowest BCUT2D eigenvalue weighted by Crippen LogP contribution is -2.19. The smallest absolute Gasteiger partial charge is 0.127 e. The van der Waals surface area contributed by atoms with Gasteiger partial charge in [0.15, 0.2) is 0 Å². The molecule has 2 aromatic carbocycles. The molecule has 1 aliphatic rings. The summed E-state index contributed by atoms with van der Waals surface area (Å²) in [7, 11) is 0. The number of aliphatic hydroxyl groups is 1. The van der Waals surface area contributed by atoms with Gasteiger partial charge in [0.05, 0.1) is 6.10 Å². The molecule has 0 bridgehead atoms. The van der Waals surface area contributed by atoms with Gasteiger partial charge in [-0.2, -0.15) is 0 Å². The first-order valence-electron chi connectivity index (χ1n) is 6.34. The van der Waals surface area contributed by atoms with Crippen molar-refractivity contribution in [2.75, 3.05) is 0 Å². The average molecular weight is 319 g/mol. The van der Waals surface area contributed by atoms with Crippen molar-refractivity contribution in [3.8, 4) is 5.75 Å². The second-order valence-electron chi connectivity index (χ2n) is 4.95. The summed E-state index contributed by atoms with van der Waals surface area (Å²) in [5.41, 5.74) is 3.13. The van der Waals surface area contributed by atoms with Crippen LogP contribution in [0.15, 0.2) is 46.9 Å². The van der Waals surface area contributed by atoms with Crippen LogP contribution in [0.5, 0.6) is 5.75 Å². The topological polar surface area (TPSA) is 29.5 Å². The molecule has 3 rings (SSSR count). The van der Waals surface area contributed by atoms with Crippen molar-refractivity contribution >= 4 is 15.9 Å². The Balaban J connectivity index is 1.92. The van der Waals surface area contributed by atoms with Crippen molar-refractivity contribution in [1.29, 1.82) is 0 Å². The van der Waals surface area contributed by atoms with E-state index >= 15 is 0 Å². The standard InChI is InChI=1S/C16H15BrO2/c1-10-2-7-15-13(8-10)14(18)9-16(19-15)11-3-5-12(17)6-4-11/h2-8,14,16,18H,9H2,1H3/t14-,16?/m1/s1. The van der Waals surface area contributed by atoms with Crippen LogP contribution in [0.3, 0.4) is 0 Å². The van der Waals surface area contributed by atoms with Gasteiger partial charge in [-0.15, -0.1) is 0 Å². The Bertz CT molecular complexity index is 592. The lowest BCUT2D eigenvalue weighted by molar-refractivity contribution is 0.0657. The molecule has 0 aromatic heterocycles. The number of benzene rings is 2. The lowest BCUT2D eigenvalue weighted by atomic mass is 9.94. The maximum Gasteiger partial charge on any atom is 0.127 e. The molecule has 98 valence electrons. The SMILES string of the molecule is Cc1ccc2c(c1)[C@H](O)CC(c1ccc(Br)cc1)O2. The number of aliphatic hydroxyl groups excluding tert-OH is 1. The monoisotopic (exact) mass is 318 g/mol. The van der Waals surface area contributed by atoms with E-state index in [1.54, 1.807) is 0 Å². The minimum atomic E-state index is -0.461. The molecule has 0 fully saturated rings. The molecule has 2 aromatic rings. The maximum absolute atomic E-state index is 10.3. The second kappa shape index (κ2) is 4.99. The van der Waals surface area contributed by atoms with Gasteiger partial charge in [0.2, 0.25) is 0 Å². The highest BCUT2D eigenvalue weighted by Gasteiger charge is 2.27. The molecule has 0 spiro atoms. The highest BCUT2D eigenvalue weighted by Crippen LogP contribution is 2.41. The van der Waals surface area contributed by atoms with Gasteiger partial charge in [-0.25, -0.2) is 0 Å². The van der Waals surface area contributed by atoms with Crippen LogP contribution < -0.4 is 4.74 Å². The second-order valence-corrected chi connectivity index (χ2v) is 5.87. The van der Waals surface area contributed by atoms with Crippen LogP contribution in [0.2, 0.25) is 0 Å². The van der Waals surface area contributed by atoms with Gasteiger partial charge in [0.25, 0.3) is 0 Å². The van der Waals surface area contributed by atoms with Gasteiger partial charge in [-0.05, 0) is 36.8 Å². The van der Waals surface area contributed by atoms with E-state index in [9.17, 15) is 5.11 Å². The van der Waals surface area contributed by atoms with E-state index in [4.69, 9.17) is 4.74 Å². The van der Waals surface area contributed by atoms with Gasteiger partial charge in [0.1, 0.15) is 11.9 Å². The average Bonchev–Trinajstić information content (AvgIpc) is 2.40. The maximum atomic E-state index is 10.3. The lowest BCUT2D eigenvalue weighted by Gasteiger charge is -2.30. The van der Waals surface area contributed by atoms with Crippen molar-refractivity contribution in [2.45, 2.75) is 25.6 Å². The quantitative estimate of drug-likeness (QED) is 0.848. The Morgan fingerprint density at radius 1 is 1.16 bits per heavy atom. The van der Waals surface area contributed by atoms with Crippen LogP contribution in [-0.4, -0.2) is 5.11 Å². The molecule has 1 heterocycles. The van der Waals surface area contributed by atoms with Crippen LogP contribution in [0.1, 0.15) is 35.3 Å². The largest absolute Gasteiger partial charge is 0.485 e. The number of hydrogen-bond donors (Lipinski definition) is 1. The molecule has 0 aliphatic carbocycles. The molecule has 0 saturated carbocycles. The molecule has 0 radical (unpaired) electrons. The Morgan fingerprint density at radius 2 is 1.89 bits per heavy atom. The molecule has 2 atom stereocenters. The van der Waals surface area contributed by atoms with Gasteiger partial charge in [-0.1, -0.05) is 39.7 Å². The Labute approximate surface area is 121 Å². The third-order valence-corrected chi connectivity index (χ3v) is 4.00. The number of hydrogen-bond acceptors (Lipinski definition) is 2. The van der Waals surface area contributed by atoms with Crippen molar-refractivity contribution in [3.05, 3.63) is 63.6 Å². The fraction of sp³-hybridized carbons (Fsp3) is 0.250. The first-order chi connectivity index (χ1) is 9.13. The third kappa shape index (κ3) is 2.53. The molecule has 19 heavy (non-hydrogen) atoms. The third-order valence-electron chi connectivity index (χ3n) is 3.47. The van der Waals surface area contributed by atoms with E-state index in [0.29, 0.717) is 6.42 Å². The first-order valence-corrected chi connectivity index (χ1v) is 7.13. The van der Waals surface area contributed by atoms with Crippen LogP contribution >= 0.6 is 15.9 Å². The predicted molar refractivity (Wildman–Crippen MR) is 78.3 cm³/mol. The van der Waals surface area contributed by atoms with E-state index in [1.807, 2.05) is 49.4 Å². The zero-order valence-corrected chi connectivity index (χ0v) is 12.2. The minimum absolute atomic E-state index is 0.0849. The minimum Gasteiger partial charge on any atom is -0.485 e. The molecule has 2 nitrogen and oxygen atoms in total. The van der Waals surface area contributed by atoms with Crippen molar-refractivity contribution in [1.82, 2.24) is 0 Å². The molecular formula is C16H15BrO2. The molecule has 1 N–H and O–H groups in total. The summed E-state index contributed by atoms with van der Waals surface area (Å²) >= 11 is 3.42. The number of aryl methyl sites for hydroxylation is 1. The molecule has 0 saturated heterocycles. The Kier molecular flexibility index (Phi) is 3.33. The number of halogens is 1. The highest BCUT2D eigenvalue weighted by molar-refractivity contribution is 9.10. The highest BCUT2D eigenvalue weighted by atomic mass is 79.9.